The molecule has 1 N–H and O–H groups in total. The van der Waals surface area contributed by atoms with Crippen molar-refractivity contribution in [2.45, 2.75) is 33.2 Å². The highest BCUT2D eigenvalue weighted by molar-refractivity contribution is 4.84. The molecule has 1 atom stereocenters. The summed E-state index contributed by atoms with van der Waals surface area (Å²) in [6, 6.07) is 0.453. The molecule has 0 radical (unpaired) electrons. The highest BCUT2D eigenvalue weighted by Gasteiger charge is 2.29. The lowest BCUT2D eigenvalue weighted by Crippen LogP contribution is -2.52. The Kier molecular flexibility index (Phi) is 2.55. The number of aliphatic hydroxyl groups excluding tert-OH is 1. The van der Waals surface area contributed by atoms with Crippen LogP contribution in [0.15, 0.2) is 0 Å². The lowest BCUT2D eigenvalue weighted by atomic mass is 9.92. The fourth-order valence-corrected chi connectivity index (χ4v) is 1.52. The van der Waals surface area contributed by atoms with Gasteiger partial charge < -0.3 is 5.11 Å². The molecule has 0 aromatic heterocycles. The number of likely N-dealkylation sites (tertiary alicyclic amines) is 1. The zero-order valence-electron chi connectivity index (χ0n) is 7.80. The summed E-state index contributed by atoms with van der Waals surface area (Å²) in [5, 5.41) is 8.91. The van der Waals surface area contributed by atoms with E-state index in [2.05, 4.69) is 25.7 Å². The normalized spacial score (nSPS) is 26.7. The molecule has 0 aromatic carbocycles. The number of hydrogen-bond acceptors (Lipinski definition) is 2. The SMILES string of the molecule is CC(C)(C)CN1CC[C@@H]1CO. The molecule has 1 saturated heterocycles. The van der Waals surface area contributed by atoms with E-state index in [1.54, 1.807) is 0 Å². The van der Waals surface area contributed by atoms with Gasteiger partial charge in [-0.05, 0) is 11.8 Å². The average Bonchev–Trinajstić information content (AvgIpc) is 1.80. The fraction of sp³-hybridized carbons (Fsp3) is 1.00. The molecule has 0 saturated carbocycles. The number of rotatable bonds is 2. The summed E-state index contributed by atoms with van der Waals surface area (Å²) in [6.07, 6.45) is 1.17. The second kappa shape index (κ2) is 3.11. The lowest BCUT2D eigenvalue weighted by Gasteiger charge is -2.43. The van der Waals surface area contributed by atoms with Gasteiger partial charge in [-0.25, -0.2) is 0 Å². The zero-order valence-corrected chi connectivity index (χ0v) is 7.80. The maximum Gasteiger partial charge on any atom is 0.0587 e. The minimum Gasteiger partial charge on any atom is -0.395 e. The predicted octanol–water partition coefficient (Wildman–Crippen LogP) is 1.10. The molecule has 2 heteroatoms. The molecule has 0 aromatic rings. The van der Waals surface area contributed by atoms with Crippen LogP contribution in [0.1, 0.15) is 27.2 Å². The van der Waals surface area contributed by atoms with E-state index in [-0.39, 0.29) is 0 Å². The van der Waals surface area contributed by atoms with E-state index in [1.165, 1.54) is 13.0 Å². The van der Waals surface area contributed by atoms with E-state index >= 15 is 0 Å². The van der Waals surface area contributed by atoms with Crippen molar-refractivity contribution in [3.05, 3.63) is 0 Å². The van der Waals surface area contributed by atoms with Gasteiger partial charge in [0.2, 0.25) is 0 Å². The van der Waals surface area contributed by atoms with Crippen LogP contribution in [0.5, 0.6) is 0 Å². The van der Waals surface area contributed by atoms with Crippen LogP contribution < -0.4 is 0 Å². The topological polar surface area (TPSA) is 23.5 Å². The van der Waals surface area contributed by atoms with E-state index < -0.39 is 0 Å². The van der Waals surface area contributed by atoms with Crippen LogP contribution in [0, 0.1) is 5.41 Å². The van der Waals surface area contributed by atoms with Gasteiger partial charge in [0, 0.05) is 19.1 Å². The molecule has 0 amide bonds. The summed E-state index contributed by atoms with van der Waals surface area (Å²) in [5.41, 5.74) is 0.369. The Morgan fingerprint density at radius 1 is 1.45 bits per heavy atom. The van der Waals surface area contributed by atoms with Crippen LogP contribution in [-0.2, 0) is 0 Å². The Bertz CT molecular complexity index is 126. The molecule has 1 aliphatic rings. The van der Waals surface area contributed by atoms with Gasteiger partial charge in [-0.3, -0.25) is 4.90 Å². The number of hydrogen-bond donors (Lipinski definition) is 1. The molecule has 1 rings (SSSR count). The van der Waals surface area contributed by atoms with E-state index in [9.17, 15) is 0 Å². The quantitative estimate of drug-likeness (QED) is 0.649. The van der Waals surface area contributed by atoms with Gasteiger partial charge in [0.15, 0.2) is 0 Å². The predicted molar refractivity (Wildman–Crippen MR) is 46.5 cm³/mol. The molecule has 0 aliphatic carbocycles. The standard InChI is InChI=1S/C9H19NO/c1-9(2,3)7-10-5-4-8(10)6-11/h8,11H,4-7H2,1-3H3/t8-/m1/s1. The van der Waals surface area contributed by atoms with Crippen molar-refractivity contribution < 1.29 is 5.11 Å². The summed E-state index contributed by atoms with van der Waals surface area (Å²) in [4.78, 5) is 2.36. The fourth-order valence-electron chi connectivity index (χ4n) is 1.52. The monoisotopic (exact) mass is 157 g/mol. The Morgan fingerprint density at radius 3 is 2.36 bits per heavy atom. The van der Waals surface area contributed by atoms with Crippen molar-refractivity contribution >= 4 is 0 Å². The van der Waals surface area contributed by atoms with E-state index in [1.807, 2.05) is 0 Å². The van der Waals surface area contributed by atoms with Gasteiger partial charge in [0.25, 0.3) is 0 Å². The highest BCUT2D eigenvalue weighted by Crippen LogP contribution is 2.23. The first kappa shape index (κ1) is 9.01. The lowest BCUT2D eigenvalue weighted by molar-refractivity contribution is 0.0172. The summed E-state index contributed by atoms with van der Waals surface area (Å²) >= 11 is 0. The minimum atomic E-state index is 0.329. The largest absolute Gasteiger partial charge is 0.395 e. The molecule has 11 heavy (non-hydrogen) atoms. The van der Waals surface area contributed by atoms with Gasteiger partial charge in [-0.2, -0.15) is 0 Å². The molecule has 2 nitrogen and oxygen atoms in total. The molecule has 0 bridgehead atoms. The van der Waals surface area contributed by atoms with Crippen molar-refractivity contribution in [1.82, 2.24) is 4.90 Å². The summed E-state index contributed by atoms with van der Waals surface area (Å²) in [7, 11) is 0. The zero-order chi connectivity index (χ0) is 8.48. The minimum absolute atomic E-state index is 0.329. The van der Waals surface area contributed by atoms with Crippen LogP contribution >= 0.6 is 0 Å². The van der Waals surface area contributed by atoms with Gasteiger partial charge >= 0.3 is 0 Å². The molecule has 1 heterocycles. The highest BCUT2D eigenvalue weighted by atomic mass is 16.3. The Balaban J connectivity index is 2.27. The third-order valence-corrected chi connectivity index (χ3v) is 2.15. The third-order valence-electron chi connectivity index (χ3n) is 2.15. The van der Waals surface area contributed by atoms with Crippen LogP contribution in [0.3, 0.4) is 0 Å². The second-order valence-corrected chi connectivity index (χ2v) is 4.66. The van der Waals surface area contributed by atoms with Crippen molar-refractivity contribution in [3.8, 4) is 0 Å². The third kappa shape index (κ3) is 2.46. The van der Waals surface area contributed by atoms with Crippen LogP contribution in [0.4, 0.5) is 0 Å². The van der Waals surface area contributed by atoms with Gasteiger partial charge in [0.1, 0.15) is 0 Å². The first-order valence-corrected chi connectivity index (χ1v) is 4.38. The van der Waals surface area contributed by atoms with Crippen molar-refractivity contribution in [2.24, 2.45) is 5.41 Å². The van der Waals surface area contributed by atoms with Gasteiger partial charge in [-0.15, -0.1) is 0 Å². The Hall–Kier alpha value is -0.0800. The summed E-state index contributed by atoms with van der Waals surface area (Å²) < 4.78 is 0. The van der Waals surface area contributed by atoms with E-state index in [0.29, 0.717) is 18.1 Å². The van der Waals surface area contributed by atoms with Crippen LogP contribution in [0.25, 0.3) is 0 Å². The Morgan fingerprint density at radius 2 is 2.09 bits per heavy atom. The van der Waals surface area contributed by atoms with Gasteiger partial charge in [-0.1, -0.05) is 20.8 Å². The van der Waals surface area contributed by atoms with Crippen molar-refractivity contribution in [2.75, 3.05) is 19.7 Å². The van der Waals surface area contributed by atoms with Crippen molar-refractivity contribution in [1.29, 1.82) is 0 Å². The molecule has 0 unspecified atom stereocenters. The van der Waals surface area contributed by atoms with Crippen molar-refractivity contribution in [3.63, 3.8) is 0 Å². The van der Waals surface area contributed by atoms with Gasteiger partial charge in [0.05, 0.1) is 6.61 Å². The van der Waals surface area contributed by atoms with E-state index in [0.717, 1.165) is 6.54 Å². The van der Waals surface area contributed by atoms with E-state index in [4.69, 9.17) is 5.11 Å². The number of nitrogens with zero attached hydrogens (tertiary/aromatic N) is 1. The molecule has 0 spiro atoms. The summed E-state index contributed by atoms with van der Waals surface area (Å²) in [5.74, 6) is 0. The Labute approximate surface area is 69.2 Å². The average molecular weight is 157 g/mol. The summed E-state index contributed by atoms with van der Waals surface area (Å²) in [6.45, 7) is 9.32. The van der Waals surface area contributed by atoms with Crippen LogP contribution in [-0.4, -0.2) is 35.7 Å². The molecule has 1 aliphatic heterocycles. The molecular formula is C9H19NO. The smallest absolute Gasteiger partial charge is 0.0587 e. The molecule has 66 valence electrons. The molecule has 1 fully saturated rings. The first-order chi connectivity index (χ1) is 5.03. The van der Waals surface area contributed by atoms with Crippen LogP contribution in [0.2, 0.25) is 0 Å². The second-order valence-electron chi connectivity index (χ2n) is 4.66. The first-order valence-electron chi connectivity index (χ1n) is 4.38. The number of aliphatic hydroxyl groups is 1. The maximum absolute atomic E-state index is 8.91. The molecular weight excluding hydrogens is 138 g/mol. The maximum atomic E-state index is 8.91.